The minimum Gasteiger partial charge on any atom is -0.393 e. The number of methoxy groups -OCH3 is 1. The lowest BCUT2D eigenvalue weighted by molar-refractivity contribution is 0.101. The van der Waals surface area contributed by atoms with Gasteiger partial charge in [0.1, 0.15) is 0 Å². The molecule has 2 nitrogen and oxygen atoms in total. The topological polar surface area (TPSA) is 29.5 Å². The Balaban J connectivity index is 1.87. The maximum Gasteiger partial charge on any atom is 0.0562 e. The van der Waals surface area contributed by atoms with Crippen molar-refractivity contribution in [3.8, 4) is 0 Å². The molecule has 1 saturated carbocycles. The third kappa shape index (κ3) is 4.38. The summed E-state index contributed by atoms with van der Waals surface area (Å²) in [6, 6.07) is 0. The van der Waals surface area contributed by atoms with Gasteiger partial charge < -0.3 is 9.84 Å². The third-order valence-electron chi connectivity index (χ3n) is 2.26. The van der Waals surface area contributed by atoms with Gasteiger partial charge in [-0.2, -0.15) is 0 Å². The van der Waals surface area contributed by atoms with E-state index in [1.165, 1.54) is 19.3 Å². The van der Waals surface area contributed by atoms with Gasteiger partial charge in [-0.25, -0.2) is 0 Å². The maximum atomic E-state index is 9.38. The molecule has 0 bridgehead atoms. The van der Waals surface area contributed by atoms with E-state index in [1.54, 1.807) is 7.11 Å². The molecule has 0 heterocycles. The van der Waals surface area contributed by atoms with Crippen molar-refractivity contribution in [2.75, 3.05) is 13.7 Å². The molecule has 0 aromatic carbocycles. The summed E-state index contributed by atoms with van der Waals surface area (Å²) >= 11 is 0. The normalized spacial score (nSPS) is 20.2. The smallest absolute Gasteiger partial charge is 0.0562 e. The van der Waals surface area contributed by atoms with Crippen LogP contribution < -0.4 is 0 Å². The van der Waals surface area contributed by atoms with Gasteiger partial charge in [0.2, 0.25) is 0 Å². The maximum absolute atomic E-state index is 9.38. The molecule has 1 fully saturated rings. The van der Waals surface area contributed by atoms with Crippen LogP contribution in [0.15, 0.2) is 0 Å². The molecule has 0 aromatic heterocycles. The molecular weight excluding hydrogens is 140 g/mol. The van der Waals surface area contributed by atoms with Crippen molar-refractivity contribution < 1.29 is 9.84 Å². The summed E-state index contributed by atoms with van der Waals surface area (Å²) in [5, 5.41) is 9.38. The van der Waals surface area contributed by atoms with Crippen molar-refractivity contribution in [3.63, 3.8) is 0 Å². The highest BCUT2D eigenvalue weighted by molar-refractivity contribution is 4.74. The van der Waals surface area contributed by atoms with Crippen molar-refractivity contribution >= 4 is 0 Å². The van der Waals surface area contributed by atoms with E-state index in [0.717, 1.165) is 18.8 Å². The van der Waals surface area contributed by atoms with Gasteiger partial charge in [0.25, 0.3) is 0 Å². The second kappa shape index (κ2) is 4.73. The standard InChI is InChI=1S/C9H18O2/c1-11-7-6-9(10)5-4-8-2-3-8/h8-10H,2-7H2,1H3. The van der Waals surface area contributed by atoms with Crippen LogP contribution in [0.3, 0.4) is 0 Å². The Morgan fingerprint density at radius 2 is 2.18 bits per heavy atom. The number of aliphatic hydroxyl groups excluding tert-OH is 1. The average Bonchev–Trinajstić information content (AvgIpc) is 2.80. The summed E-state index contributed by atoms with van der Waals surface area (Å²) in [4.78, 5) is 0. The molecule has 11 heavy (non-hydrogen) atoms. The van der Waals surface area contributed by atoms with Gasteiger partial charge in [-0.15, -0.1) is 0 Å². The van der Waals surface area contributed by atoms with Crippen LogP contribution >= 0.6 is 0 Å². The van der Waals surface area contributed by atoms with Crippen LogP contribution in [0.25, 0.3) is 0 Å². The van der Waals surface area contributed by atoms with Gasteiger partial charge in [-0.1, -0.05) is 12.8 Å². The van der Waals surface area contributed by atoms with E-state index in [2.05, 4.69) is 0 Å². The Morgan fingerprint density at radius 3 is 2.73 bits per heavy atom. The highest BCUT2D eigenvalue weighted by Crippen LogP contribution is 2.34. The van der Waals surface area contributed by atoms with Crippen molar-refractivity contribution in [2.24, 2.45) is 5.92 Å². The Kier molecular flexibility index (Phi) is 3.87. The molecule has 1 aliphatic rings. The van der Waals surface area contributed by atoms with Gasteiger partial charge >= 0.3 is 0 Å². The zero-order valence-corrected chi connectivity index (χ0v) is 7.25. The summed E-state index contributed by atoms with van der Waals surface area (Å²) in [6.07, 6.45) is 5.62. The first-order chi connectivity index (χ1) is 5.33. The Labute approximate surface area is 68.6 Å². The highest BCUT2D eigenvalue weighted by Gasteiger charge is 2.21. The number of rotatable bonds is 6. The fraction of sp³-hybridized carbons (Fsp3) is 1.00. The van der Waals surface area contributed by atoms with Gasteiger partial charge in [-0.3, -0.25) is 0 Å². The molecule has 66 valence electrons. The van der Waals surface area contributed by atoms with Crippen LogP contribution in [0.1, 0.15) is 32.1 Å². The van der Waals surface area contributed by atoms with E-state index in [-0.39, 0.29) is 6.10 Å². The van der Waals surface area contributed by atoms with Gasteiger partial charge in [0.05, 0.1) is 6.10 Å². The first-order valence-corrected chi connectivity index (χ1v) is 4.50. The van der Waals surface area contributed by atoms with Crippen LogP contribution in [0.5, 0.6) is 0 Å². The third-order valence-corrected chi connectivity index (χ3v) is 2.26. The molecule has 1 N–H and O–H groups in total. The van der Waals surface area contributed by atoms with Gasteiger partial charge in [0, 0.05) is 13.7 Å². The van der Waals surface area contributed by atoms with Gasteiger partial charge in [0.15, 0.2) is 0 Å². The second-order valence-corrected chi connectivity index (χ2v) is 3.46. The molecule has 1 aliphatic carbocycles. The minimum absolute atomic E-state index is 0.129. The van der Waals surface area contributed by atoms with E-state index >= 15 is 0 Å². The first-order valence-electron chi connectivity index (χ1n) is 4.50. The van der Waals surface area contributed by atoms with Crippen LogP contribution in [-0.2, 0) is 4.74 Å². The molecule has 2 heteroatoms. The fourth-order valence-corrected chi connectivity index (χ4v) is 1.23. The fourth-order valence-electron chi connectivity index (χ4n) is 1.23. The number of aliphatic hydroxyl groups is 1. The van der Waals surface area contributed by atoms with E-state index in [0.29, 0.717) is 6.61 Å². The zero-order valence-electron chi connectivity index (χ0n) is 7.25. The first kappa shape index (κ1) is 9.01. The van der Waals surface area contributed by atoms with Crippen molar-refractivity contribution in [1.82, 2.24) is 0 Å². The largest absolute Gasteiger partial charge is 0.393 e. The summed E-state index contributed by atoms with van der Waals surface area (Å²) < 4.78 is 4.87. The lowest BCUT2D eigenvalue weighted by Crippen LogP contribution is -2.09. The van der Waals surface area contributed by atoms with E-state index in [4.69, 9.17) is 4.74 Å². The highest BCUT2D eigenvalue weighted by atomic mass is 16.5. The predicted octanol–water partition coefficient (Wildman–Crippen LogP) is 1.57. The van der Waals surface area contributed by atoms with Crippen LogP contribution in [0.4, 0.5) is 0 Å². The monoisotopic (exact) mass is 158 g/mol. The second-order valence-electron chi connectivity index (χ2n) is 3.46. The molecule has 1 atom stereocenters. The Hall–Kier alpha value is -0.0800. The van der Waals surface area contributed by atoms with Crippen molar-refractivity contribution in [2.45, 2.75) is 38.2 Å². The number of hydrogen-bond donors (Lipinski definition) is 1. The van der Waals surface area contributed by atoms with E-state index in [1.807, 2.05) is 0 Å². The van der Waals surface area contributed by atoms with E-state index in [9.17, 15) is 5.11 Å². The van der Waals surface area contributed by atoms with Crippen LogP contribution in [0, 0.1) is 5.92 Å². The zero-order chi connectivity index (χ0) is 8.10. The number of hydrogen-bond acceptors (Lipinski definition) is 2. The molecule has 0 amide bonds. The van der Waals surface area contributed by atoms with Crippen LogP contribution in [-0.4, -0.2) is 24.9 Å². The minimum atomic E-state index is -0.129. The lowest BCUT2D eigenvalue weighted by atomic mass is 10.1. The van der Waals surface area contributed by atoms with Crippen molar-refractivity contribution in [3.05, 3.63) is 0 Å². The molecule has 1 unspecified atom stereocenters. The molecular formula is C9H18O2. The SMILES string of the molecule is COCCC(O)CCC1CC1. The molecule has 0 aliphatic heterocycles. The van der Waals surface area contributed by atoms with Gasteiger partial charge in [-0.05, 0) is 25.2 Å². The predicted molar refractivity (Wildman–Crippen MR) is 44.5 cm³/mol. The van der Waals surface area contributed by atoms with Crippen LogP contribution in [0.2, 0.25) is 0 Å². The van der Waals surface area contributed by atoms with Crippen molar-refractivity contribution in [1.29, 1.82) is 0 Å². The summed E-state index contributed by atoms with van der Waals surface area (Å²) in [5.41, 5.74) is 0. The molecule has 0 saturated heterocycles. The molecule has 0 spiro atoms. The number of ether oxygens (including phenoxy) is 1. The average molecular weight is 158 g/mol. The molecule has 0 radical (unpaired) electrons. The Morgan fingerprint density at radius 1 is 1.45 bits per heavy atom. The molecule has 0 aromatic rings. The lowest BCUT2D eigenvalue weighted by Gasteiger charge is -2.08. The quantitative estimate of drug-likeness (QED) is 0.636. The summed E-state index contributed by atoms with van der Waals surface area (Å²) in [7, 11) is 1.67. The summed E-state index contributed by atoms with van der Waals surface area (Å²) in [6.45, 7) is 0.686. The Bertz CT molecular complexity index is 99.7. The summed E-state index contributed by atoms with van der Waals surface area (Å²) in [5.74, 6) is 0.937. The van der Waals surface area contributed by atoms with E-state index < -0.39 is 0 Å². The molecule has 1 rings (SSSR count).